The number of para-hydroxylation sites is 1. The van der Waals surface area contributed by atoms with E-state index in [1.54, 1.807) is 11.8 Å². The molecule has 27 heavy (non-hydrogen) atoms. The Morgan fingerprint density at radius 3 is 2.74 bits per heavy atom. The lowest BCUT2D eigenvalue weighted by Crippen LogP contribution is -2.52. The summed E-state index contributed by atoms with van der Waals surface area (Å²) in [5.74, 6) is -1.25. The Balaban J connectivity index is 1.70. The second-order valence-electron chi connectivity index (χ2n) is 7.31. The van der Waals surface area contributed by atoms with Crippen LogP contribution in [0.2, 0.25) is 0 Å². The Labute approximate surface area is 157 Å². The van der Waals surface area contributed by atoms with Crippen LogP contribution in [0.4, 0.5) is 0 Å². The number of benzene rings is 1. The van der Waals surface area contributed by atoms with Crippen LogP contribution >= 0.6 is 0 Å². The second-order valence-corrected chi connectivity index (χ2v) is 7.31. The molecule has 2 aliphatic rings. The lowest BCUT2D eigenvalue weighted by Gasteiger charge is -2.34. The number of hydrogen-bond acceptors (Lipinski definition) is 4. The molecule has 0 radical (unpaired) electrons. The quantitative estimate of drug-likeness (QED) is 0.894. The Hall–Kier alpha value is -2.67. The molecular formula is C20H23N3O4. The van der Waals surface area contributed by atoms with Crippen LogP contribution in [0.5, 0.6) is 0 Å². The van der Waals surface area contributed by atoms with Crippen molar-refractivity contribution in [3.05, 3.63) is 46.8 Å². The van der Waals surface area contributed by atoms with E-state index in [-0.39, 0.29) is 18.6 Å². The zero-order chi connectivity index (χ0) is 19.1. The zero-order valence-electron chi connectivity index (χ0n) is 15.5. The topological polar surface area (TPSA) is 84.7 Å². The lowest BCUT2D eigenvalue weighted by molar-refractivity contribution is -0.160. The van der Waals surface area contributed by atoms with E-state index in [0.29, 0.717) is 12.2 Å². The first-order valence-corrected chi connectivity index (χ1v) is 9.30. The van der Waals surface area contributed by atoms with Crippen LogP contribution in [0.15, 0.2) is 24.3 Å². The number of carbonyl (C=O) groups is 2. The molecule has 0 saturated carbocycles. The minimum atomic E-state index is -1.05. The molecule has 2 aromatic rings. The van der Waals surface area contributed by atoms with Gasteiger partial charge in [0, 0.05) is 17.8 Å². The summed E-state index contributed by atoms with van der Waals surface area (Å²) >= 11 is 0. The third-order valence-electron chi connectivity index (χ3n) is 5.30. The maximum Gasteiger partial charge on any atom is 0.334 e. The fraction of sp³-hybridized carbons (Fsp3) is 0.450. The molecule has 7 heteroatoms. The SMILES string of the molecule is Cc1ccccc1-n1nc(C(=O)N2CC(C(=O)O)O[C@H](C)C2)c2c1CCC2. The van der Waals surface area contributed by atoms with Gasteiger partial charge in [-0.3, -0.25) is 4.79 Å². The maximum atomic E-state index is 13.2. The summed E-state index contributed by atoms with van der Waals surface area (Å²) < 4.78 is 7.32. The Morgan fingerprint density at radius 2 is 2.00 bits per heavy atom. The summed E-state index contributed by atoms with van der Waals surface area (Å²) in [5, 5.41) is 14.0. The normalized spacial score (nSPS) is 21.9. The standard InChI is InChI=1S/C20H23N3O4/c1-12-6-3-4-8-15(12)23-16-9-5-7-14(16)18(21-23)19(24)22-10-13(2)27-17(11-22)20(25)26/h3-4,6,8,13,17H,5,7,9-11H2,1-2H3,(H,25,26)/t13-,17?/m1/s1. The van der Waals surface area contributed by atoms with Crippen molar-refractivity contribution >= 4 is 11.9 Å². The Bertz CT molecular complexity index is 905. The van der Waals surface area contributed by atoms with E-state index in [4.69, 9.17) is 4.74 Å². The molecule has 1 aliphatic carbocycles. The molecule has 7 nitrogen and oxygen atoms in total. The number of fused-ring (bicyclic) bond motifs is 1. The largest absolute Gasteiger partial charge is 0.479 e. The van der Waals surface area contributed by atoms with Crippen molar-refractivity contribution in [3.63, 3.8) is 0 Å². The van der Waals surface area contributed by atoms with Gasteiger partial charge in [-0.05, 0) is 44.7 Å². The number of carbonyl (C=O) groups excluding carboxylic acids is 1. The predicted molar refractivity (Wildman–Crippen MR) is 98.2 cm³/mol. The molecule has 1 aromatic heterocycles. The number of nitrogens with zero attached hydrogens (tertiary/aromatic N) is 3. The molecular weight excluding hydrogens is 346 g/mol. The van der Waals surface area contributed by atoms with Crippen LogP contribution in [-0.4, -0.2) is 57.0 Å². The van der Waals surface area contributed by atoms with Gasteiger partial charge in [0.1, 0.15) is 0 Å². The van der Waals surface area contributed by atoms with E-state index in [1.807, 2.05) is 35.9 Å². The van der Waals surface area contributed by atoms with Gasteiger partial charge in [0.05, 0.1) is 18.3 Å². The van der Waals surface area contributed by atoms with E-state index in [9.17, 15) is 14.7 Å². The highest BCUT2D eigenvalue weighted by Gasteiger charge is 2.36. The van der Waals surface area contributed by atoms with Crippen LogP contribution in [0.25, 0.3) is 5.69 Å². The fourth-order valence-electron chi connectivity index (χ4n) is 4.01. The van der Waals surface area contributed by atoms with Gasteiger partial charge in [0.2, 0.25) is 0 Å². The van der Waals surface area contributed by atoms with Gasteiger partial charge in [0.25, 0.3) is 5.91 Å². The number of aliphatic carboxylic acids is 1. The Morgan fingerprint density at radius 1 is 1.22 bits per heavy atom. The molecule has 2 atom stereocenters. The minimum absolute atomic E-state index is 0.0461. The van der Waals surface area contributed by atoms with Crippen LogP contribution in [0.3, 0.4) is 0 Å². The summed E-state index contributed by atoms with van der Waals surface area (Å²) in [4.78, 5) is 26.1. The number of ether oxygens (including phenoxy) is 1. The number of aromatic nitrogens is 2. The summed E-state index contributed by atoms with van der Waals surface area (Å²) in [6.07, 6.45) is 1.39. The maximum absolute atomic E-state index is 13.2. The number of amides is 1. The van der Waals surface area contributed by atoms with E-state index < -0.39 is 12.1 Å². The van der Waals surface area contributed by atoms with Crippen molar-refractivity contribution in [2.75, 3.05) is 13.1 Å². The highest BCUT2D eigenvalue weighted by atomic mass is 16.5. The van der Waals surface area contributed by atoms with Crippen LogP contribution in [-0.2, 0) is 22.4 Å². The van der Waals surface area contributed by atoms with Gasteiger partial charge in [-0.25, -0.2) is 9.48 Å². The first-order chi connectivity index (χ1) is 13.0. The number of aryl methyl sites for hydroxylation is 1. The zero-order valence-corrected chi connectivity index (χ0v) is 15.5. The number of rotatable bonds is 3. The van der Waals surface area contributed by atoms with Crippen molar-refractivity contribution in [1.29, 1.82) is 0 Å². The first kappa shape index (κ1) is 17.7. The van der Waals surface area contributed by atoms with Gasteiger partial charge in [0.15, 0.2) is 11.8 Å². The molecule has 1 N–H and O–H groups in total. The molecule has 1 unspecified atom stereocenters. The van der Waals surface area contributed by atoms with Gasteiger partial charge in [-0.1, -0.05) is 18.2 Å². The average Bonchev–Trinajstić information content (AvgIpc) is 3.24. The molecule has 1 aromatic carbocycles. The number of hydrogen-bond donors (Lipinski definition) is 1. The molecule has 4 rings (SSSR count). The lowest BCUT2D eigenvalue weighted by atomic mass is 10.1. The van der Waals surface area contributed by atoms with Crippen molar-refractivity contribution in [2.24, 2.45) is 0 Å². The van der Waals surface area contributed by atoms with Crippen molar-refractivity contribution < 1.29 is 19.4 Å². The Kier molecular flexibility index (Phi) is 4.47. The fourth-order valence-corrected chi connectivity index (χ4v) is 4.01. The molecule has 1 fully saturated rings. The van der Waals surface area contributed by atoms with Gasteiger partial charge in [-0.2, -0.15) is 5.10 Å². The van der Waals surface area contributed by atoms with Crippen molar-refractivity contribution in [2.45, 2.75) is 45.3 Å². The monoisotopic (exact) mass is 369 g/mol. The van der Waals surface area contributed by atoms with Gasteiger partial charge >= 0.3 is 5.97 Å². The third-order valence-corrected chi connectivity index (χ3v) is 5.30. The van der Waals surface area contributed by atoms with E-state index in [0.717, 1.165) is 41.8 Å². The summed E-state index contributed by atoms with van der Waals surface area (Å²) in [6.45, 7) is 4.23. The first-order valence-electron chi connectivity index (χ1n) is 9.30. The van der Waals surface area contributed by atoms with Gasteiger partial charge in [-0.15, -0.1) is 0 Å². The predicted octanol–water partition coefficient (Wildman–Crippen LogP) is 1.98. The van der Waals surface area contributed by atoms with E-state index in [1.165, 1.54) is 0 Å². The highest BCUT2D eigenvalue weighted by molar-refractivity contribution is 5.95. The number of carboxylic acid groups (broad SMARTS) is 1. The molecule has 1 aliphatic heterocycles. The molecule has 2 heterocycles. The van der Waals surface area contributed by atoms with Crippen molar-refractivity contribution in [1.82, 2.24) is 14.7 Å². The average molecular weight is 369 g/mol. The van der Waals surface area contributed by atoms with Crippen LogP contribution in [0.1, 0.15) is 40.7 Å². The summed E-state index contributed by atoms with van der Waals surface area (Å²) in [7, 11) is 0. The van der Waals surface area contributed by atoms with Crippen molar-refractivity contribution in [3.8, 4) is 5.69 Å². The third kappa shape index (κ3) is 3.12. The van der Waals surface area contributed by atoms with E-state index >= 15 is 0 Å². The molecule has 0 spiro atoms. The molecule has 1 amide bonds. The number of morpholine rings is 1. The van der Waals surface area contributed by atoms with Crippen LogP contribution in [0, 0.1) is 6.92 Å². The highest BCUT2D eigenvalue weighted by Crippen LogP contribution is 2.30. The minimum Gasteiger partial charge on any atom is -0.479 e. The molecule has 0 bridgehead atoms. The second kappa shape index (κ2) is 6.81. The smallest absolute Gasteiger partial charge is 0.334 e. The summed E-state index contributed by atoms with van der Waals surface area (Å²) in [5.41, 5.74) is 4.61. The van der Waals surface area contributed by atoms with Crippen LogP contribution < -0.4 is 0 Å². The summed E-state index contributed by atoms with van der Waals surface area (Å²) in [6, 6.07) is 7.98. The van der Waals surface area contributed by atoms with E-state index in [2.05, 4.69) is 5.10 Å². The molecule has 1 saturated heterocycles. The van der Waals surface area contributed by atoms with Gasteiger partial charge < -0.3 is 14.7 Å². The molecule has 142 valence electrons. The number of carboxylic acids is 1.